The predicted molar refractivity (Wildman–Crippen MR) is 67.7 cm³/mol. The number of nitrogens with two attached hydrogens (primary N) is 1. The molecule has 1 rings (SSSR count). The van der Waals surface area contributed by atoms with Gasteiger partial charge in [-0.25, -0.2) is 0 Å². The summed E-state index contributed by atoms with van der Waals surface area (Å²) < 4.78 is 5.38. The van der Waals surface area contributed by atoms with E-state index < -0.39 is 0 Å². The number of rotatable bonds is 6. The molecule has 1 unspecified atom stereocenters. The highest BCUT2D eigenvalue weighted by molar-refractivity contribution is 5.29. The van der Waals surface area contributed by atoms with Crippen molar-refractivity contribution in [3.8, 4) is 5.75 Å². The highest BCUT2D eigenvalue weighted by atomic mass is 16.5. The van der Waals surface area contributed by atoms with Gasteiger partial charge in [0.2, 0.25) is 0 Å². The van der Waals surface area contributed by atoms with Gasteiger partial charge in [0.25, 0.3) is 0 Å². The second-order valence-corrected chi connectivity index (χ2v) is 4.17. The van der Waals surface area contributed by atoms with Crippen LogP contribution in [0.4, 0.5) is 0 Å². The van der Waals surface area contributed by atoms with Gasteiger partial charge in [0.05, 0.1) is 6.61 Å². The summed E-state index contributed by atoms with van der Waals surface area (Å²) in [4.78, 5) is 0. The summed E-state index contributed by atoms with van der Waals surface area (Å²) in [5, 5.41) is 3.33. The summed E-state index contributed by atoms with van der Waals surface area (Å²) in [7, 11) is 0. The van der Waals surface area contributed by atoms with E-state index in [1.807, 2.05) is 31.2 Å². The first kappa shape index (κ1) is 13.0. The van der Waals surface area contributed by atoms with E-state index in [2.05, 4.69) is 19.2 Å². The molecular formula is C13H22N2O. The largest absolute Gasteiger partial charge is 0.494 e. The van der Waals surface area contributed by atoms with Crippen LogP contribution < -0.4 is 15.8 Å². The van der Waals surface area contributed by atoms with E-state index in [1.54, 1.807) is 0 Å². The molecule has 0 saturated carbocycles. The standard InChI is InChI=1S/C13H22N2O/c1-4-16-12-7-5-11(6-8-12)13(14)9-15-10(2)3/h5-8,10,13,15H,4,9,14H2,1-3H3. The molecule has 0 aromatic heterocycles. The monoisotopic (exact) mass is 222 g/mol. The maximum Gasteiger partial charge on any atom is 0.119 e. The third-order valence-corrected chi connectivity index (χ3v) is 2.37. The molecule has 3 N–H and O–H groups in total. The van der Waals surface area contributed by atoms with Crippen molar-refractivity contribution in [3.63, 3.8) is 0 Å². The van der Waals surface area contributed by atoms with E-state index in [1.165, 1.54) is 0 Å². The first-order valence-corrected chi connectivity index (χ1v) is 5.85. The Balaban J connectivity index is 2.52. The molecule has 1 atom stereocenters. The zero-order chi connectivity index (χ0) is 12.0. The van der Waals surface area contributed by atoms with Gasteiger partial charge in [-0.05, 0) is 24.6 Å². The van der Waals surface area contributed by atoms with Gasteiger partial charge in [-0.3, -0.25) is 0 Å². The van der Waals surface area contributed by atoms with Crippen LogP contribution in [0.15, 0.2) is 24.3 Å². The fraction of sp³-hybridized carbons (Fsp3) is 0.538. The smallest absolute Gasteiger partial charge is 0.119 e. The predicted octanol–water partition coefficient (Wildman–Crippen LogP) is 2.08. The SMILES string of the molecule is CCOc1ccc(C(N)CNC(C)C)cc1. The van der Waals surface area contributed by atoms with Crippen molar-refractivity contribution in [1.29, 1.82) is 0 Å². The molecule has 0 amide bonds. The van der Waals surface area contributed by atoms with Crippen molar-refractivity contribution in [3.05, 3.63) is 29.8 Å². The minimum Gasteiger partial charge on any atom is -0.494 e. The lowest BCUT2D eigenvalue weighted by atomic mass is 10.1. The maximum atomic E-state index is 6.06. The van der Waals surface area contributed by atoms with Crippen LogP contribution >= 0.6 is 0 Å². The highest BCUT2D eigenvalue weighted by Crippen LogP contribution is 2.16. The number of nitrogens with one attached hydrogen (secondary N) is 1. The van der Waals surface area contributed by atoms with Crippen LogP contribution in [-0.4, -0.2) is 19.2 Å². The molecule has 90 valence electrons. The van der Waals surface area contributed by atoms with E-state index in [9.17, 15) is 0 Å². The fourth-order valence-electron chi connectivity index (χ4n) is 1.46. The van der Waals surface area contributed by atoms with Gasteiger partial charge < -0.3 is 15.8 Å². The highest BCUT2D eigenvalue weighted by Gasteiger charge is 2.06. The molecule has 3 heteroatoms. The van der Waals surface area contributed by atoms with Gasteiger partial charge in [-0.15, -0.1) is 0 Å². The Labute approximate surface area is 98.0 Å². The van der Waals surface area contributed by atoms with Gasteiger partial charge in [-0.2, -0.15) is 0 Å². The van der Waals surface area contributed by atoms with Gasteiger partial charge in [0.15, 0.2) is 0 Å². The summed E-state index contributed by atoms with van der Waals surface area (Å²) in [6.45, 7) is 7.70. The van der Waals surface area contributed by atoms with Gasteiger partial charge in [0, 0.05) is 18.6 Å². The molecule has 3 nitrogen and oxygen atoms in total. The average Bonchev–Trinajstić information content (AvgIpc) is 2.27. The molecule has 0 aliphatic heterocycles. The Bertz CT molecular complexity index is 295. The van der Waals surface area contributed by atoms with Crippen LogP contribution in [0.25, 0.3) is 0 Å². The Morgan fingerprint density at radius 2 is 1.88 bits per heavy atom. The zero-order valence-electron chi connectivity index (χ0n) is 10.4. The van der Waals surface area contributed by atoms with Crippen molar-refractivity contribution in [2.24, 2.45) is 5.73 Å². The summed E-state index contributed by atoms with van der Waals surface area (Å²) in [6.07, 6.45) is 0. The molecule has 0 aliphatic rings. The van der Waals surface area contributed by atoms with Crippen LogP contribution in [-0.2, 0) is 0 Å². The number of hydrogen-bond acceptors (Lipinski definition) is 3. The molecule has 0 radical (unpaired) electrons. The molecular weight excluding hydrogens is 200 g/mol. The minimum atomic E-state index is 0.0399. The average molecular weight is 222 g/mol. The normalized spacial score (nSPS) is 12.8. The Morgan fingerprint density at radius 3 is 2.38 bits per heavy atom. The summed E-state index contributed by atoms with van der Waals surface area (Å²) in [5.74, 6) is 0.898. The number of benzene rings is 1. The van der Waals surface area contributed by atoms with E-state index in [-0.39, 0.29) is 6.04 Å². The van der Waals surface area contributed by atoms with Gasteiger partial charge in [0.1, 0.15) is 5.75 Å². The summed E-state index contributed by atoms with van der Waals surface area (Å²) in [6, 6.07) is 8.49. The first-order valence-electron chi connectivity index (χ1n) is 5.85. The molecule has 0 spiro atoms. The second-order valence-electron chi connectivity index (χ2n) is 4.17. The molecule has 0 heterocycles. The lowest BCUT2D eigenvalue weighted by Crippen LogP contribution is -2.31. The van der Waals surface area contributed by atoms with Crippen molar-refractivity contribution in [2.75, 3.05) is 13.2 Å². The van der Waals surface area contributed by atoms with Crippen LogP contribution in [0.2, 0.25) is 0 Å². The molecule has 1 aromatic carbocycles. The number of ether oxygens (including phenoxy) is 1. The van der Waals surface area contributed by atoms with Crippen LogP contribution in [0, 0.1) is 0 Å². The molecule has 1 aromatic rings. The third-order valence-electron chi connectivity index (χ3n) is 2.37. The third kappa shape index (κ3) is 4.21. The molecule has 0 saturated heterocycles. The molecule has 0 fully saturated rings. The van der Waals surface area contributed by atoms with Crippen molar-refractivity contribution in [1.82, 2.24) is 5.32 Å². The Morgan fingerprint density at radius 1 is 1.25 bits per heavy atom. The lowest BCUT2D eigenvalue weighted by Gasteiger charge is -2.15. The summed E-state index contributed by atoms with van der Waals surface area (Å²) in [5.41, 5.74) is 7.20. The minimum absolute atomic E-state index is 0.0399. The van der Waals surface area contributed by atoms with E-state index in [4.69, 9.17) is 10.5 Å². The van der Waals surface area contributed by atoms with Crippen LogP contribution in [0.1, 0.15) is 32.4 Å². The van der Waals surface area contributed by atoms with E-state index >= 15 is 0 Å². The van der Waals surface area contributed by atoms with Crippen LogP contribution in [0.3, 0.4) is 0 Å². The van der Waals surface area contributed by atoms with Gasteiger partial charge in [-0.1, -0.05) is 26.0 Å². The number of hydrogen-bond donors (Lipinski definition) is 2. The fourth-order valence-corrected chi connectivity index (χ4v) is 1.46. The maximum absolute atomic E-state index is 6.06. The van der Waals surface area contributed by atoms with Gasteiger partial charge >= 0.3 is 0 Å². The van der Waals surface area contributed by atoms with Crippen LogP contribution in [0.5, 0.6) is 5.75 Å². The topological polar surface area (TPSA) is 47.3 Å². The van der Waals surface area contributed by atoms with Crippen molar-refractivity contribution in [2.45, 2.75) is 32.9 Å². The molecule has 0 aliphatic carbocycles. The second kappa shape index (κ2) is 6.51. The lowest BCUT2D eigenvalue weighted by molar-refractivity contribution is 0.340. The first-order chi connectivity index (χ1) is 7.63. The Hall–Kier alpha value is -1.06. The Kier molecular flexibility index (Phi) is 5.29. The molecule has 16 heavy (non-hydrogen) atoms. The van der Waals surface area contributed by atoms with Crippen molar-refractivity contribution < 1.29 is 4.74 Å². The zero-order valence-corrected chi connectivity index (χ0v) is 10.4. The molecule has 0 bridgehead atoms. The van der Waals surface area contributed by atoms with E-state index in [0.29, 0.717) is 12.6 Å². The van der Waals surface area contributed by atoms with E-state index in [0.717, 1.165) is 17.9 Å². The quantitative estimate of drug-likeness (QED) is 0.774. The summed E-state index contributed by atoms with van der Waals surface area (Å²) >= 11 is 0. The van der Waals surface area contributed by atoms with Crippen molar-refractivity contribution >= 4 is 0 Å².